The Morgan fingerprint density at radius 3 is 2.69 bits per heavy atom. The number of carbonyl (C=O) groups excluding carboxylic acids is 1. The maximum absolute atomic E-state index is 13.8. The second kappa shape index (κ2) is 6.37. The van der Waals surface area contributed by atoms with Crippen LogP contribution in [0.25, 0.3) is 11.5 Å². The smallest absolute Gasteiger partial charge is 0.257 e. The van der Waals surface area contributed by atoms with E-state index in [4.69, 9.17) is 4.52 Å². The topological polar surface area (TPSA) is 59.2 Å². The van der Waals surface area contributed by atoms with Crippen molar-refractivity contribution >= 4 is 11.6 Å². The molecule has 1 saturated heterocycles. The first kappa shape index (κ1) is 16.4. The van der Waals surface area contributed by atoms with Crippen LogP contribution in [0.4, 0.5) is 10.1 Å². The third kappa shape index (κ3) is 2.87. The minimum atomic E-state index is -0.319. The highest BCUT2D eigenvalue weighted by molar-refractivity contribution is 5.97. The Balaban J connectivity index is 1.58. The molecule has 132 valence electrons. The van der Waals surface area contributed by atoms with Gasteiger partial charge in [0.1, 0.15) is 5.82 Å². The second-order valence-corrected chi connectivity index (χ2v) is 6.61. The normalized spacial score (nSPS) is 17.1. The highest BCUT2D eigenvalue weighted by Gasteiger charge is 2.35. The molecule has 5 nitrogen and oxygen atoms in total. The van der Waals surface area contributed by atoms with E-state index in [1.54, 1.807) is 24.0 Å². The third-order valence-electron chi connectivity index (χ3n) is 4.76. The van der Waals surface area contributed by atoms with Crippen LogP contribution >= 0.6 is 0 Å². The van der Waals surface area contributed by atoms with E-state index in [0.717, 1.165) is 11.1 Å². The molecule has 0 N–H and O–H groups in total. The summed E-state index contributed by atoms with van der Waals surface area (Å²) < 4.78 is 19.2. The van der Waals surface area contributed by atoms with Gasteiger partial charge < -0.3 is 9.42 Å². The van der Waals surface area contributed by atoms with Gasteiger partial charge in [-0.25, -0.2) is 4.39 Å². The Morgan fingerprint density at radius 1 is 1.15 bits per heavy atom. The number of hydrogen-bond acceptors (Lipinski definition) is 4. The van der Waals surface area contributed by atoms with Crippen molar-refractivity contribution in [1.29, 1.82) is 0 Å². The van der Waals surface area contributed by atoms with E-state index >= 15 is 0 Å². The lowest BCUT2D eigenvalue weighted by atomic mass is 10.1. The summed E-state index contributed by atoms with van der Waals surface area (Å²) in [6.07, 6.45) is 0.281. The van der Waals surface area contributed by atoms with Crippen molar-refractivity contribution in [2.75, 3.05) is 11.4 Å². The summed E-state index contributed by atoms with van der Waals surface area (Å²) >= 11 is 0. The van der Waals surface area contributed by atoms with Crippen LogP contribution < -0.4 is 4.90 Å². The first-order valence-corrected chi connectivity index (χ1v) is 8.49. The zero-order chi connectivity index (χ0) is 18.3. The number of hydrogen-bond donors (Lipinski definition) is 0. The van der Waals surface area contributed by atoms with Crippen molar-refractivity contribution in [3.63, 3.8) is 0 Å². The molecule has 1 aliphatic heterocycles. The first-order chi connectivity index (χ1) is 12.5. The fraction of sp³-hybridized carbons (Fsp3) is 0.250. The van der Waals surface area contributed by atoms with E-state index in [2.05, 4.69) is 10.1 Å². The van der Waals surface area contributed by atoms with Gasteiger partial charge >= 0.3 is 0 Å². The Labute approximate surface area is 150 Å². The number of anilines is 1. The lowest BCUT2D eigenvalue weighted by molar-refractivity contribution is -0.117. The highest BCUT2D eigenvalue weighted by atomic mass is 19.1. The summed E-state index contributed by atoms with van der Waals surface area (Å²) in [5.74, 6) is 0.386. The van der Waals surface area contributed by atoms with Gasteiger partial charge in [-0.15, -0.1) is 0 Å². The molecule has 0 saturated carbocycles. The molecule has 0 aliphatic carbocycles. The zero-order valence-electron chi connectivity index (χ0n) is 14.6. The molecule has 2 aromatic carbocycles. The Bertz CT molecular complexity index is 965. The van der Waals surface area contributed by atoms with Crippen molar-refractivity contribution in [1.82, 2.24) is 10.1 Å². The second-order valence-electron chi connectivity index (χ2n) is 6.61. The number of aromatic nitrogens is 2. The molecule has 1 unspecified atom stereocenters. The van der Waals surface area contributed by atoms with E-state index in [0.29, 0.717) is 29.5 Å². The molecule has 4 rings (SSSR count). The number of halogens is 1. The minimum absolute atomic E-state index is 0.0645. The van der Waals surface area contributed by atoms with Crippen molar-refractivity contribution in [2.45, 2.75) is 26.2 Å². The van der Waals surface area contributed by atoms with Crippen LogP contribution in [-0.2, 0) is 4.79 Å². The average Bonchev–Trinajstić information content (AvgIpc) is 3.25. The fourth-order valence-electron chi connectivity index (χ4n) is 3.22. The number of nitrogens with zero attached hydrogens (tertiary/aromatic N) is 3. The van der Waals surface area contributed by atoms with Crippen molar-refractivity contribution in [3.8, 4) is 11.5 Å². The molecule has 1 fully saturated rings. The molecule has 1 atom stereocenters. The third-order valence-corrected chi connectivity index (χ3v) is 4.76. The molecule has 1 amide bonds. The van der Waals surface area contributed by atoms with Crippen molar-refractivity contribution in [3.05, 3.63) is 65.2 Å². The average molecular weight is 351 g/mol. The molecule has 0 spiro atoms. The van der Waals surface area contributed by atoms with Gasteiger partial charge in [0, 0.05) is 35.7 Å². The summed E-state index contributed by atoms with van der Waals surface area (Å²) in [5.41, 5.74) is 3.06. The van der Waals surface area contributed by atoms with Crippen LogP contribution in [0.5, 0.6) is 0 Å². The minimum Gasteiger partial charge on any atom is -0.334 e. The molecule has 1 aromatic heterocycles. The van der Waals surface area contributed by atoms with Crippen LogP contribution in [-0.4, -0.2) is 22.6 Å². The SMILES string of the molecule is Cc1ccc(-c2nc(C3CC(=O)N(c4cccc(F)c4C)C3)no2)cc1. The van der Waals surface area contributed by atoms with Gasteiger partial charge in [-0.1, -0.05) is 28.9 Å². The Hall–Kier alpha value is -3.02. The molecular formula is C20H18FN3O2. The molecule has 26 heavy (non-hydrogen) atoms. The van der Waals surface area contributed by atoms with Crippen molar-refractivity contribution in [2.24, 2.45) is 0 Å². The van der Waals surface area contributed by atoms with Gasteiger partial charge in [0.05, 0.1) is 0 Å². The molecule has 3 aromatic rings. The standard InChI is InChI=1S/C20H18FN3O2/c1-12-6-8-14(9-7-12)20-22-19(23-26-20)15-10-18(25)24(11-15)17-5-3-4-16(21)13(17)2/h3-9,15H,10-11H2,1-2H3. The Kier molecular flexibility index (Phi) is 4.03. The lowest BCUT2D eigenvalue weighted by Crippen LogP contribution is -2.25. The lowest BCUT2D eigenvalue weighted by Gasteiger charge is -2.18. The molecule has 1 aliphatic rings. The van der Waals surface area contributed by atoms with E-state index in [9.17, 15) is 9.18 Å². The molecule has 6 heteroatoms. The fourth-order valence-corrected chi connectivity index (χ4v) is 3.22. The van der Waals surface area contributed by atoms with Crippen LogP contribution in [0, 0.1) is 19.7 Å². The van der Waals surface area contributed by atoms with Crippen LogP contribution in [0.2, 0.25) is 0 Å². The Morgan fingerprint density at radius 2 is 1.92 bits per heavy atom. The molecule has 0 radical (unpaired) electrons. The number of benzene rings is 2. The van der Waals surface area contributed by atoms with Crippen LogP contribution in [0.3, 0.4) is 0 Å². The maximum atomic E-state index is 13.8. The number of rotatable bonds is 3. The van der Waals surface area contributed by atoms with Crippen LogP contribution in [0.15, 0.2) is 47.0 Å². The molecule has 2 heterocycles. The summed E-state index contributed by atoms with van der Waals surface area (Å²) in [6, 6.07) is 12.6. The summed E-state index contributed by atoms with van der Waals surface area (Å²) in [7, 11) is 0. The number of aryl methyl sites for hydroxylation is 1. The van der Waals surface area contributed by atoms with Crippen molar-refractivity contribution < 1.29 is 13.7 Å². The van der Waals surface area contributed by atoms with E-state index < -0.39 is 0 Å². The van der Waals surface area contributed by atoms with Gasteiger partial charge in [0.2, 0.25) is 5.91 Å². The van der Waals surface area contributed by atoms with E-state index in [1.807, 2.05) is 31.2 Å². The summed E-state index contributed by atoms with van der Waals surface area (Å²) in [6.45, 7) is 4.10. The van der Waals surface area contributed by atoms with Gasteiger partial charge in [-0.3, -0.25) is 4.79 Å². The van der Waals surface area contributed by atoms with Crippen LogP contribution in [0.1, 0.15) is 29.3 Å². The monoisotopic (exact) mass is 351 g/mol. The van der Waals surface area contributed by atoms with Gasteiger partial charge in [-0.05, 0) is 38.1 Å². The summed E-state index contributed by atoms with van der Waals surface area (Å²) in [4.78, 5) is 18.5. The maximum Gasteiger partial charge on any atom is 0.257 e. The molecular weight excluding hydrogens is 333 g/mol. The van der Waals surface area contributed by atoms with E-state index in [-0.39, 0.29) is 24.1 Å². The number of carbonyl (C=O) groups is 1. The predicted molar refractivity (Wildman–Crippen MR) is 95.3 cm³/mol. The first-order valence-electron chi connectivity index (χ1n) is 8.49. The van der Waals surface area contributed by atoms with Gasteiger partial charge in [0.25, 0.3) is 5.89 Å². The summed E-state index contributed by atoms with van der Waals surface area (Å²) in [5, 5.41) is 4.06. The van der Waals surface area contributed by atoms with Gasteiger partial charge in [-0.2, -0.15) is 4.98 Å². The number of amides is 1. The largest absolute Gasteiger partial charge is 0.334 e. The predicted octanol–water partition coefficient (Wildman–Crippen LogP) is 4.01. The quantitative estimate of drug-likeness (QED) is 0.715. The van der Waals surface area contributed by atoms with Gasteiger partial charge in [0.15, 0.2) is 5.82 Å². The highest BCUT2D eigenvalue weighted by Crippen LogP contribution is 2.33. The zero-order valence-corrected chi connectivity index (χ0v) is 14.6. The van der Waals surface area contributed by atoms with E-state index in [1.165, 1.54) is 6.07 Å². The molecule has 0 bridgehead atoms.